The van der Waals surface area contributed by atoms with Gasteiger partial charge >= 0.3 is 0 Å². The second kappa shape index (κ2) is 62.5. The summed E-state index contributed by atoms with van der Waals surface area (Å²) in [6, 6.07) is -0.824. The maximum atomic E-state index is 13.4. The van der Waals surface area contributed by atoms with Gasteiger partial charge in [0, 0.05) is 6.42 Å². The maximum absolute atomic E-state index is 13.4. The number of hydrogen-bond acceptors (Lipinski definition) is 13. The second-order valence-corrected chi connectivity index (χ2v) is 28.6. The number of nitrogens with one attached hydrogen (secondary N) is 1. The molecular formula is C77H151NO13. The van der Waals surface area contributed by atoms with Gasteiger partial charge in [-0.05, 0) is 12.8 Å². The first-order valence-corrected chi connectivity index (χ1v) is 39.8. The standard InChI is InChI=1S/C77H151NO13/c1-3-5-7-9-11-13-15-17-19-21-22-23-24-25-26-27-28-29-30-31-32-33-34-35-36-37-38-39-40-41-42-43-45-47-49-51-53-55-57-59-61-69(82)78-65(66(81)60-58-56-54-52-50-48-46-44-20-18-16-14-12-10-8-6-4-2)64-88-76-74(87)72(85)75(68(63-80)90-76)91-77-73(86)71(84)70(83)67(62-79)89-77/h65-68,70-77,79-81,83-87H,3-64H2,1-2H3,(H,78,82). The Morgan fingerprint density at radius 2 is 0.626 bits per heavy atom. The number of unbranched alkanes of at least 4 members (excludes halogenated alkanes) is 55. The molecule has 2 saturated heterocycles. The first kappa shape index (κ1) is 86.1. The molecule has 0 radical (unpaired) electrons. The van der Waals surface area contributed by atoms with Crippen LogP contribution >= 0.6 is 0 Å². The highest BCUT2D eigenvalue weighted by molar-refractivity contribution is 5.76. The SMILES string of the molecule is CCCCCCCCCCCCCCCCCCCCCCCCCCCCCCCCCCCCCCCCCCC(=O)NC(COC1OC(CO)C(OC2OC(CO)C(O)C(O)C2O)C(O)C1O)C(O)CCCCCCCCCCCCCCCCCCC. The van der Waals surface area contributed by atoms with Gasteiger partial charge in [-0.3, -0.25) is 4.79 Å². The number of carbonyl (C=O) groups is 1. The molecule has 91 heavy (non-hydrogen) atoms. The zero-order chi connectivity index (χ0) is 65.9. The molecule has 2 fully saturated rings. The van der Waals surface area contributed by atoms with Crippen molar-refractivity contribution in [2.75, 3.05) is 19.8 Å². The summed E-state index contributed by atoms with van der Waals surface area (Å²) in [6.07, 6.45) is 60.3. The highest BCUT2D eigenvalue weighted by atomic mass is 16.7. The predicted molar refractivity (Wildman–Crippen MR) is 374 cm³/mol. The second-order valence-electron chi connectivity index (χ2n) is 28.6. The van der Waals surface area contributed by atoms with E-state index in [-0.39, 0.29) is 12.5 Å². The number of amides is 1. The van der Waals surface area contributed by atoms with Crippen LogP contribution in [0.25, 0.3) is 0 Å². The van der Waals surface area contributed by atoms with Crippen molar-refractivity contribution >= 4 is 5.91 Å². The summed E-state index contributed by atoms with van der Waals surface area (Å²) in [5.41, 5.74) is 0. The van der Waals surface area contributed by atoms with Gasteiger partial charge in [0.25, 0.3) is 0 Å². The average Bonchev–Trinajstić information content (AvgIpc) is 1.04. The van der Waals surface area contributed by atoms with Crippen molar-refractivity contribution in [3.05, 3.63) is 0 Å². The molecule has 0 bridgehead atoms. The number of carbonyl (C=O) groups excluding carboxylic acids is 1. The third-order valence-electron chi connectivity index (χ3n) is 20.1. The van der Waals surface area contributed by atoms with Crippen LogP contribution in [0, 0.1) is 0 Å². The Balaban J connectivity index is 1.53. The van der Waals surface area contributed by atoms with Crippen molar-refractivity contribution in [2.45, 2.75) is 466 Å². The summed E-state index contributed by atoms with van der Waals surface area (Å²) in [6.45, 7) is 2.93. The van der Waals surface area contributed by atoms with E-state index >= 15 is 0 Å². The zero-order valence-electron chi connectivity index (χ0n) is 59.4. The molecule has 0 spiro atoms. The van der Waals surface area contributed by atoms with Crippen molar-refractivity contribution in [2.24, 2.45) is 0 Å². The highest BCUT2D eigenvalue weighted by Crippen LogP contribution is 2.31. The average molecular weight is 1300 g/mol. The Labute approximate surface area is 559 Å². The van der Waals surface area contributed by atoms with Crippen LogP contribution in [0.3, 0.4) is 0 Å². The first-order valence-electron chi connectivity index (χ1n) is 39.8. The van der Waals surface area contributed by atoms with Crippen molar-refractivity contribution in [3.63, 3.8) is 0 Å². The number of ether oxygens (including phenoxy) is 4. The summed E-state index contributed by atoms with van der Waals surface area (Å²) >= 11 is 0. The van der Waals surface area contributed by atoms with Crippen molar-refractivity contribution in [1.29, 1.82) is 0 Å². The lowest BCUT2D eigenvalue weighted by molar-refractivity contribution is -0.359. The van der Waals surface area contributed by atoms with Crippen molar-refractivity contribution in [1.82, 2.24) is 5.32 Å². The Morgan fingerprint density at radius 3 is 0.934 bits per heavy atom. The van der Waals surface area contributed by atoms with Crippen LogP contribution in [-0.4, -0.2) is 140 Å². The van der Waals surface area contributed by atoms with Crippen LogP contribution in [0.15, 0.2) is 0 Å². The first-order chi connectivity index (χ1) is 44.6. The predicted octanol–water partition coefficient (Wildman–Crippen LogP) is 17.5. The summed E-state index contributed by atoms with van der Waals surface area (Å²) in [5.74, 6) is -0.196. The normalized spacial score (nSPS) is 22.7. The lowest BCUT2D eigenvalue weighted by Crippen LogP contribution is -2.65. The minimum absolute atomic E-state index is 0.196. The molecule has 2 aliphatic heterocycles. The molecule has 2 heterocycles. The van der Waals surface area contributed by atoms with Gasteiger partial charge in [0.2, 0.25) is 5.91 Å². The Morgan fingerprint density at radius 1 is 0.352 bits per heavy atom. The van der Waals surface area contributed by atoms with Gasteiger partial charge in [0.15, 0.2) is 12.6 Å². The molecule has 0 aromatic carbocycles. The zero-order valence-corrected chi connectivity index (χ0v) is 59.4. The highest BCUT2D eigenvalue weighted by Gasteiger charge is 2.51. The van der Waals surface area contributed by atoms with E-state index in [1.165, 1.54) is 315 Å². The number of hydrogen-bond donors (Lipinski definition) is 9. The van der Waals surface area contributed by atoms with E-state index in [0.29, 0.717) is 12.8 Å². The molecule has 1 amide bonds. The molecule has 12 unspecified atom stereocenters. The van der Waals surface area contributed by atoms with E-state index in [4.69, 9.17) is 18.9 Å². The van der Waals surface area contributed by atoms with Crippen molar-refractivity contribution < 1.29 is 64.6 Å². The Kier molecular flexibility index (Phi) is 59.1. The van der Waals surface area contributed by atoms with Crippen LogP contribution in [0.2, 0.25) is 0 Å². The molecule has 542 valence electrons. The van der Waals surface area contributed by atoms with E-state index in [2.05, 4.69) is 19.2 Å². The molecule has 9 N–H and O–H groups in total. The third kappa shape index (κ3) is 46.0. The fraction of sp³-hybridized carbons (Fsp3) is 0.987. The van der Waals surface area contributed by atoms with Crippen LogP contribution in [0.1, 0.15) is 393 Å². The van der Waals surface area contributed by atoms with Gasteiger partial charge in [0.1, 0.15) is 48.8 Å². The van der Waals surface area contributed by atoms with E-state index in [1.807, 2.05) is 0 Å². The van der Waals surface area contributed by atoms with E-state index in [0.717, 1.165) is 51.4 Å². The summed E-state index contributed by atoms with van der Waals surface area (Å²) in [4.78, 5) is 13.4. The summed E-state index contributed by atoms with van der Waals surface area (Å²) in [7, 11) is 0. The van der Waals surface area contributed by atoms with E-state index < -0.39 is 86.8 Å². The van der Waals surface area contributed by atoms with Crippen LogP contribution in [0.4, 0.5) is 0 Å². The molecule has 2 rings (SSSR count). The molecule has 0 aliphatic carbocycles. The van der Waals surface area contributed by atoms with Crippen molar-refractivity contribution in [3.8, 4) is 0 Å². The molecule has 14 heteroatoms. The largest absolute Gasteiger partial charge is 0.394 e. The molecule has 2 aliphatic rings. The Hall–Kier alpha value is -1.01. The molecule has 12 atom stereocenters. The molecule has 14 nitrogen and oxygen atoms in total. The van der Waals surface area contributed by atoms with E-state index in [9.17, 15) is 45.6 Å². The fourth-order valence-electron chi connectivity index (χ4n) is 13.8. The molecule has 0 aromatic heterocycles. The van der Waals surface area contributed by atoms with Crippen LogP contribution in [-0.2, 0) is 23.7 Å². The molecule has 0 saturated carbocycles. The lowest BCUT2D eigenvalue weighted by Gasteiger charge is -2.46. The third-order valence-corrected chi connectivity index (χ3v) is 20.1. The van der Waals surface area contributed by atoms with Gasteiger partial charge in [0.05, 0.1) is 32.0 Å². The fourth-order valence-corrected chi connectivity index (χ4v) is 13.8. The topological polar surface area (TPSA) is 228 Å². The quantitative estimate of drug-likeness (QED) is 0.0259. The van der Waals surface area contributed by atoms with Crippen LogP contribution < -0.4 is 5.32 Å². The monoisotopic (exact) mass is 1300 g/mol. The smallest absolute Gasteiger partial charge is 0.220 e. The van der Waals surface area contributed by atoms with Gasteiger partial charge in [-0.25, -0.2) is 0 Å². The lowest BCUT2D eigenvalue weighted by atomic mass is 9.97. The van der Waals surface area contributed by atoms with Gasteiger partial charge in [-0.2, -0.15) is 0 Å². The van der Waals surface area contributed by atoms with Gasteiger partial charge in [-0.1, -0.05) is 373 Å². The maximum Gasteiger partial charge on any atom is 0.220 e. The minimum Gasteiger partial charge on any atom is -0.394 e. The molecular weight excluding hydrogens is 1150 g/mol. The van der Waals surface area contributed by atoms with E-state index in [1.54, 1.807) is 0 Å². The van der Waals surface area contributed by atoms with Gasteiger partial charge < -0.3 is 65.1 Å². The number of rotatable bonds is 68. The van der Waals surface area contributed by atoms with Crippen LogP contribution in [0.5, 0.6) is 0 Å². The summed E-state index contributed by atoms with van der Waals surface area (Å²) < 4.78 is 22.9. The Bertz CT molecular complexity index is 1530. The van der Waals surface area contributed by atoms with Gasteiger partial charge in [-0.15, -0.1) is 0 Å². The summed E-state index contributed by atoms with van der Waals surface area (Å²) in [5, 5.41) is 87.7. The minimum atomic E-state index is -1.78. The number of aliphatic hydroxyl groups is 8. The number of aliphatic hydroxyl groups excluding tert-OH is 8. The molecule has 0 aromatic rings.